The Hall–Kier alpha value is -1.47. The second-order valence-electron chi connectivity index (χ2n) is 4.05. The highest BCUT2D eigenvalue weighted by Crippen LogP contribution is 2.32. The van der Waals surface area contributed by atoms with Crippen molar-refractivity contribution in [1.82, 2.24) is 0 Å². The van der Waals surface area contributed by atoms with Gasteiger partial charge in [0.15, 0.2) is 0 Å². The normalized spacial score (nSPS) is 10.2. The fourth-order valence-corrected chi connectivity index (χ4v) is 2.55. The summed E-state index contributed by atoms with van der Waals surface area (Å²) in [7, 11) is 1.31. The summed E-state index contributed by atoms with van der Waals surface area (Å²) in [4.78, 5) is 11.8. The number of esters is 1. The predicted octanol–water partition coefficient (Wildman–Crippen LogP) is 4.06. The van der Waals surface area contributed by atoms with Crippen molar-refractivity contribution in [3.05, 3.63) is 50.6 Å². The van der Waals surface area contributed by atoms with Crippen LogP contribution in [-0.2, 0) is 4.74 Å². The third-order valence-corrected chi connectivity index (χ3v) is 3.58. The lowest BCUT2D eigenvalue weighted by atomic mass is 10.1. The molecule has 2 rings (SSSR count). The van der Waals surface area contributed by atoms with Crippen LogP contribution >= 0.6 is 34.2 Å². The van der Waals surface area contributed by atoms with Gasteiger partial charge >= 0.3 is 5.97 Å². The highest BCUT2D eigenvalue weighted by molar-refractivity contribution is 14.1. The van der Waals surface area contributed by atoms with Crippen LogP contribution in [0.15, 0.2) is 36.4 Å². The van der Waals surface area contributed by atoms with Gasteiger partial charge < -0.3 is 15.8 Å². The first-order valence-electron chi connectivity index (χ1n) is 5.71. The number of halogens is 2. The van der Waals surface area contributed by atoms with Gasteiger partial charge in [0.1, 0.15) is 0 Å². The fraction of sp³-hybridized carbons (Fsp3) is 0.0714. The molecule has 4 nitrogen and oxygen atoms in total. The standard InChI is InChI=1S/C14H12ClIN2O2/c1-20-14(19)11-6-9(17)7-12(15)13(11)18-10-4-2-3-8(16)5-10/h2-7,18H,17H2,1H3. The molecule has 0 fully saturated rings. The molecule has 2 aromatic rings. The van der Waals surface area contributed by atoms with E-state index in [1.54, 1.807) is 6.07 Å². The molecule has 104 valence electrons. The number of hydrogen-bond donors (Lipinski definition) is 2. The van der Waals surface area contributed by atoms with E-state index in [2.05, 4.69) is 27.9 Å². The van der Waals surface area contributed by atoms with Crippen molar-refractivity contribution in [2.24, 2.45) is 0 Å². The van der Waals surface area contributed by atoms with E-state index in [0.29, 0.717) is 22.0 Å². The molecule has 0 saturated carbocycles. The average molecular weight is 403 g/mol. The van der Waals surface area contributed by atoms with Crippen molar-refractivity contribution in [2.45, 2.75) is 0 Å². The van der Waals surface area contributed by atoms with Crippen LogP contribution in [0.1, 0.15) is 10.4 Å². The molecule has 0 saturated heterocycles. The van der Waals surface area contributed by atoms with Gasteiger partial charge in [-0.05, 0) is 52.9 Å². The number of methoxy groups -OCH3 is 1. The Bertz CT molecular complexity index is 662. The maximum Gasteiger partial charge on any atom is 0.340 e. The van der Waals surface area contributed by atoms with E-state index in [1.165, 1.54) is 13.2 Å². The zero-order valence-electron chi connectivity index (χ0n) is 10.6. The smallest absolute Gasteiger partial charge is 0.340 e. The van der Waals surface area contributed by atoms with Gasteiger partial charge in [-0.15, -0.1) is 0 Å². The van der Waals surface area contributed by atoms with E-state index in [-0.39, 0.29) is 0 Å². The third kappa shape index (κ3) is 3.34. The Balaban J connectivity index is 2.47. The molecule has 6 heteroatoms. The maximum absolute atomic E-state index is 11.8. The van der Waals surface area contributed by atoms with Crippen LogP contribution < -0.4 is 11.1 Å². The molecule has 0 bridgehead atoms. The minimum atomic E-state index is -0.493. The van der Waals surface area contributed by atoms with Gasteiger partial charge in [0, 0.05) is 14.9 Å². The first-order chi connectivity index (χ1) is 9.51. The van der Waals surface area contributed by atoms with Gasteiger partial charge in [0.2, 0.25) is 0 Å². The Kier molecular flexibility index (Phi) is 4.72. The quantitative estimate of drug-likeness (QED) is 0.462. The van der Waals surface area contributed by atoms with E-state index in [9.17, 15) is 4.79 Å². The number of hydrogen-bond acceptors (Lipinski definition) is 4. The second kappa shape index (κ2) is 6.32. The molecule has 0 aromatic heterocycles. The molecule has 3 N–H and O–H groups in total. The molecule has 0 aliphatic carbocycles. The number of nitrogen functional groups attached to an aromatic ring is 1. The van der Waals surface area contributed by atoms with Crippen molar-refractivity contribution in [3.63, 3.8) is 0 Å². The number of benzene rings is 2. The van der Waals surface area contributed by atoms with Gasteiger partial charge in [-0.3, -0.25) is 0 Å². The molecule has 20 heavy (non-hydrogen) atoms. The number of ether oxygens (including phenoxy) is 1. The molecule has 0 spiro atoms. The number of rotatable bonds is 3. The summed E-state index contributed by atoms with van der Waals surface area (Å²) in [5.41, 5.74) is 7.73. The van der Waals surface area contributed by atoms with E-state index < -0.39 is 5.97 Å². The Morgan fingerprint density at radius 2 is 2.10 bits per heavy atom. The molecular weight excluding hydrogens is 391 g/mol. The fourth-order valence-electron chi connectivity index (χ4n) is 1.74. The number of nitrogens with two attached hydrogens (primary N) is 1. The van der Waals surface area contributed by atoms with E-state index in [0.717, 1.165) is 9.26 Å². The van der Waals surface area contributed by atoms with E-state index in [1.807, 2.05) is 24.3 Å². The number of anilines is 3. The third-order valence-electron chi connectivity index (χ3n) is 2.61. The SMILES string of the molecule is COC(=O)c1cc(N)cc(Cl)c1Nc1cccc(I)c1. The zero-order chi connectivity index (χ0) is 14.7. The molecule has 0 unspecified atom stereocenters. The summed E-state index contributed by atoms with van der Waals surface area (Å²) < 4.78 is 5.82. The lowest BCUT2D eigenvalue weighted by molar-refractivity contribution is 0.0602. The van der Waals surface area contributed by atoms with Crippen LogP contribution in [0, 0.1) is 3.57 Å². The zero-order valence-corrected chi connectivity index (χ0v) is 13.5. The minimum Gasteiger partial charge on any atom is -0.465 e. The van der Waals surface area contributed by atoms with E-state index in [4.69, 9.17) is 22.1 Å². The first kappa shape index (κ1) is 14.9. The lowest BCUT2D eigenvalue weighted by Crippen LogP contribution is -2.07. The highest BCUT2D eigenvalue weighted by atomic mass is 127. The lowest BCUT2D eigenvalue weighted by Gasteiger charge is -2.14. The summed E-state index contributed by atoms with van der Waals surface area (Å²) in [5, 5.41) is 3.50. The maximum atomic E-state index is 11.8. The van der Waals surface area contributed by atoms with Crippen LogP contribution in [0.4, 0.5) is 17.1 Å². The van der Waals surface area contributed by atoms with Crippen molar-refractivity contribution in [3.8, 4) is 0 Å². The molecule has 0 aliphatic rings. The second-order valence-corrected chi connectivity index (χ2v) is 5.71. The summed E-state index contributed by atoms with van der Waals surface area (Å²) in [6, 6.07) is 10.8. The predicted molar refractivity (Wildman–Crippen MR) is 89.6 cm³/mol. The summed E-state index contributed by atoms with van der Waals surface area (Å²) in [5.74, 6) is -0.493. The molecule has 0 amide bonds. The van der Waals surface area contributed by atoms with Gasteiger partial charge in [-0.2, -0.15) is 0 Å². The van der Waals surface area contributed by atoms with Crippen molar-refractivity contribution in [1.29, 1.82) is 0 Å². The highest BCUT2D eigenvalue weighted by Gasteiger charge is 2.16. The van der Waals surface area contributed by atoms with Crippen molar-refractivity contribution >= 4 is 57.2 Å². The van der Waals surface area contributed by atoms with Crippen LogP contribution in [0.25, 0.3) is 0 Å². The number of carbonyl (C=O) groups is 1. The first-order valence-corrected chi connectivity index (χ1v) is 7.17. The average Bonchev–Trinajstić information content (AvgIpc) is 2.40. The van der Waals surface area contributed by atoms with Crippen LogP contribution in [-0.4, -0.2) is 13.1 Å². The topological polar surface area (TPSA) is 64.3 Å². The monoisotopic (exact) mass is 402 g/mol. The van der Waals surface area contributed by atoms with Crippen LogP contribution in [0.3, 0.4) is 0 Å². The molecule has 0 radical (unpaired) electrons. The van der Waals surface area contributed by atoms with E-state index >= 15 is 0 Å². The van der Waals surface area contributed by atoms with Crippen molar-refractivity contribution < 1.29 is 9.53 Å². The van der Waals surface area contributed by atoms with Crippen molar-refractivity contribution in [2.75, 3.05) is 18.2 Å². The summed E-state index contributed by atoms with van der Waals surface area (Å²) in [6.07, 6.45) is 0. The summed E-state index contributed by atoms with van der Waals surface area (Å²) >= 11 is 8.38. The number of carbonyl (C=O) groups excluding carboxylic acids is 1. The molecule has 0 atom stereocenters. The molecule has 0 aliphatic heterocycles. The Labute approximate surface area is 135 Å². The van der Waals surface area contributed by atoms with Crippen LogP contribution in [0.2, 0.25) is 5.02 Å². The largest absolute Gasteiger partial charge is 0.465 e. The Morgan fingerprint density at radius 1 is 1.35 bits per heavy atom. The molecule has 2 aromatic carbocycles. The molecule has 0 heterocycles. The number of nitrogens with one attached hydrogen (secondary N) is 1. The van der Waals surface area contributed by atoms with Gasteiger partial charge in [-0.1, -0.05) is 17.7 Å². The minimum absolute atomic E-state index is 0.302. The van der Waals surface area contributed by atoms with Crippen LogP contribution in [0.5, 0.6) is 0 Å². The van der Waals surface area contributed by atoms with Gasteiger partial charge in [-0.25, -0.2) is 4.79 Å². The molecular formula is C14H12ClIN2O2. The van der Waals surface area contributed by atoms with Gasteiger partial charge in [0.25, 0.3) is 0 Å². The summed E-state index contributed by atoms with van der Waals surface area (Å²) in [6.45, 7) is 0. The van der Waals surface area contributed by atoms with Gasteiger partial charge in [0.05, 0.1) is 23.4 Å². The Morgan fingerprint density at radius 3 is 2.75 bits per heavy atom.